The van der Waals surface area contributed by atoms with Gasteiger partial charge in [0.25, 0.3) is 5.91 Å². The van der Waals surface area contributed by atoms with E-state index in [2.05, 4.69) is 10.1 Å². The van der Waals surface area contributed by atoms with E-state index in [0.717, 1.165) is 22.7 Å². The molecule has 1 fully saturated rings. The first-order valence-corrected chi connectivity index (χ1v) is 9.94. The Morgan fingerprint density at radius 3 is 2.69 bits per heavy atom. The van der Waals surface area contributed by atoms with Gasteiger partial charge in [0, 0.05) is 24.7 Å². The van der Waals surface area contributed by atoms with Crippen LogP contribution in [0.15, 0.2) is 35.3 Å². The molecule has 7 nitrogen and oxygen atoms in total. The van der Waals surface area contributed by atoms with Crippen LogP contribution >= 0.6 is 22.7 Å². The minimum atomic E-state index is -0.978. The second kappa shape index (κ2) is 7.00. The van der Waals surface area contributed by atoms with Crippen LogP contribution in [-0.2, 0) is 0 Å². The molecule has 134 valence electrons. The van der Waals surface area contributed by atoms with Crippen molar-refractivity contribution in [1.29, 1.82) is 0 Å². The van der Waals surface area contributed by atoms with Crippen LogP contribution in [0.25, 0.3) is 9.88 Å². The van der Waals surface area contributed by atoms with Gasteiger partial charge < -0.3 is 10.0 Å². The molecule has 4 heterocycles. The number of carbonyl (C=O) groups is 2. The van der Waals surface area contributed by atoms with E-state index < -0.39 is 5.97 Å². The normalized spacial score (nSPS) is 15.3. The van der Waals surface area contributed by atoms with Gasteiger partial charge in [-0.15, -0.1) is 22.7 Å². The number of carboxylic acid groups (broad SMARTS) is 1. The number of carboxylic acids is 1. The first-order chi connectivity index (χ1) is 12.6. The summed E-state index contributed by atoms with van der Waals surface area (Å²) in [6.07, 6.45) is 4.41. The van der Waals surface area contributed by atoms with E-state index >= 15 is 0 Å². The van der Waals surface area contributed by atoms with Gasteiger partial charge in [-0.05, 0) is 24.3 Å². The van der Waals surface area contributed by atoms with Gasteiger partial charge in [-0.1, -0.05) is 6.07 Å². The molecule has 0 spiro atoms. The van der Waals surface area contributed by atoms with Crippen LogP contribution in [0.5, 0.6) is 0 Å². The highest BCUT2D eigenvalue weighted by molar-refractivity contribution is 7.20. The molecule has 0 atom stereocenters. The first kappa shape index (κ1) is 16.9. The molecule has 4 rings (SSSR count). The standard InChI is InChI=1S/C17H16N4O3S2/c22-16(13-10-26-15(19-13)14-2-1-7-25-14)20-5-3-12(4-6-20)21-9-11(8-18-21)17(23)24/h1-2,7-10,12H,3-6H2,(H,23,24). The third-order valence-electron chi connectivity index (χ3n) is 4.43. The molecule has 1 N–H and O–H groups in total. The maximum Gasteiger partial charge on any atom is 0.338 e. The van der Waals surface area contributed by atoms with Crippen molar-refractivity contribution in [2.24, 2.45) is 0 Å². The number of thiazole rings is 1. The quantitative estimate of drug-likeness (QED) is 0.741. The summed E-state index contributed by atoms with van der Waals surface area (Å²) in [4.78, 5) is 31.0. The fourth-order valence-electron chi connectivity index (χ4n) is 3.03. The number of likely N-dealkylation sites (tertiary alicyclic amines) is 1. The van der Waals surface area contributed by atoms with E-state index in [9.17, 15) is 9.59 Å². The number of amides is 1. The smallest absolute Gasteiger partial charge is 0.338 e. The van der Waals surface area contributed by atoms with Crippen LogP contribution < -0.4 is 0 Å². The average molecular weight is 388 g/mol. The van der Waals surface area contributed by atoms with Gasteiger partial charge in [-0.25, -0.2) is 9.78 Å². The van der Waals surface area contributed by atoms with E-state index in [4.69, 9.17) is 5.11 Å². The first-order valence-electron chi connectivity index (χ1n) is 8.18. The van der Waals surface area contributed by atoms with Crippen LogP contribution in [0.1, 0.15) is 39.7 Å². The van der Waals surface area contributed by atoms with Crippen molar-refractivity contribution in [3.05, 3.63) is 46.5 Å². The van der Waals surface area contributed by atoms with Gasteiger partial charge in [0.2, 0.25) is 0 Å². The summed E-state index contributed by atoms with van der Waals surface area (Å²) in [5.41, 5.74) is 0.677. The minimum absolute atomic E-state index is 0.0470. The molecule has 3 aromatic heterocycles. The molecule has 0 aliphatic carbocycles. The number of nitrogens with zero attached hydrogens (tertiary/aromatic N) is 4. The molecule has 1 aliphatic rings. The number of carbonyl (C=O) groups excluding carboxylic acids is 1. The number of aromatic carboxylic acids is 1. The largest absolute Gasteiger partial charge is 0.478 e. The number of hydrogen-bond acceptors (Lipinski definition) is 6. The molecule has 26 heavy (non-hydrogen) atoms. The number of aromatic nitrogens is 3. The van der Waals surface area contributed by atoms with Crippen molar-refractivity contribution < 1.29 is 14.7 Å². The maximum atomic E-state index is 12.7. The molecular formula is C17H16N4O3S2. The molecule has 0 saturated carbocycles. The lowest BCUT2D eigenvalue weighted by Gasteiger charge is -2.31. The van der Waals surface area contributed by atoms with E-state index in [1.165, 1.54) is 17.5 Å². The van der Waals surface area contributed by atoms with Crippen molar-refractivity contribution in [2.45, 2.75) is 18.9 Å². The van der Waals surface area contributed by atoms with Gasteiger partial charge in [0.1, 0.15) is 10.7 Å². The lowest BCUT2D eigenvalue weighted by atomic mass is 10.1. The van der Waals surface area contributed by atoms with Gasteiger partial charge in [0.05, 0.1) is 22.7 Å². The average Bonchev–Trinajstić information content (AvgIpc) is 3.42. The van der Waals surface area contributed by atoms with Crippen molar-refractivity contribution in [1.82, 2.24) is 19.7 Å². The zero-order valence-corrected chi connectivity index (χ0v) is 15.4. The molecule has 9 heteroatoms. The predicted octanol–water partition coefficient (Wildman–Crippen LogP) is 3.24. The summed E-state index contributed by atoms with van der Waals surface area (Å²) in [5.74, 6) is -1.02. The second-order valence-electron chi connectivity index (χ2n) is 6.05. The summed E-state index contributed by atoms with van der Waals surface area (Å²) in [6.45, 7) is 1.22. The highest BCUT2D eigenvalue weighted by atomic mass is 32.1. The lowest BCUT2D eigenvalue weighted by molar-refractivity contribution is 0.0684. The summed E-state index contributed by atoms with van der Waals surface area (Å²) < 4.78 is 1.70. The third-order valence-corrected chi connectivity index (χ3v) is 6.31. The monoisotopic (exact) mass is 388 g/mol. The van der Waals surface area contributed by atoms with E-state index in [0.29, 0.717) is 18.8 Å². The van der Waals surface area contributed by atoms with Crippen LogP contribution in [0.2, 0.25) is 0 Å². The zero-order chi connectivity index (χ0) is 18.1. The number of piperidine rings is 1. The van der Waals surface area contributed by atoms with Crippen LogP contribution in [0.4, 0.5) is 0 Å². The topological polar surface area (TPSA) is 88.3 Å². The Labute approximate surface area is 157 Å². The lowest BCUT2D eigenvalue weighted by Crippen LogP contribution is -2.39. The van der Waals surface area contributed by atoms with Crippen molar-refractivity contribution >= 4 is 34.6 Å². The van der Waals surface area contributed by atoms with Crippen LogP contribution in [0, 0.1) is 0 Å². The molecular weight excluding hydrogens is 372 g/mol. The molecule has 1 aliphatic heterocycles. The molecule has 0 unspecified atom stereocenters. The number of thiophene rings is 1. The molecule has 1 amide bonds. The van der Waals surface area contributed by atoms with E-state index in [-0.39, 0.29) is 17.5 Å². The summed E-state index contributed by atoms with van der Waals surface area (Å²) in [7, 11) is 0. The summed E-state index contributed by atoms with van der Waals surface area (Å²) >= 11 is 3.09. The van der Waals surface area contributed by atoms with Gasteiger partial charge in [-0.3, -0.25) is 9.48 Å². The van der Waals surface area contributed by atoms with Crippen molar-refractivity contribution in [3.63, 3.8) is 0 Å². The predicted molar refractivity (Wildman–Crippen MR) is 98.8 cm³/mol. The minimum Gasteiger partial charge on any atom is -0.478 e. The van der Waals surface area contributed by atoms with Gasteiger partial charge in [0.15, 0.2) is 0 Å². The van der Waals surface area contributed by atoms with Crippen LogP contribution in [0.3, 0.4) is 0 Å². The fraction of sp³-hybridized carbons (Fsp3) is 0.294. The molecule has 0 aromatic carbocycles. The number of hydrogen-bond donors (Lipinski definition) is 1. The van der Waals surface area contributed by atoms with Gasteiger partial charge >= 0.3 is 5.97 Å². The molecule has 3 aromatic rings. The Morgan fingerprint density at radius 1 is 1.23 bits per heavy atom. The van der Waals surface area contributed by atoms with Gasteiger partial charge in [-0.2, -0.15) is 5.10 Å². The fourth-order valence-corrected chi connectivity index (χ4v) is 4.64. The highest BCUT2D eigenvalue weighted by Crippen LogP contribution is 2.29. The summed E-state index contributed by atoms with van der Waals surface area (Å²) in [6, 6.07) is 4.08. The Balaban J connectivity index is 1.39. The van der Waals surface area contributed by atoms with E-state index in [1.54, 1.807) is 22.2 Å². The third kappa shape index (κ3) is 3.27. The Morgan fingerprint density at radius 2 is 2.04 bits per heavy atom. The SMILES string of the molecule is O=C(O)c1cnn(C2CCN(C(=O)c3csc(-c4cccs4)n3)CC2)c1. The molecule has 0 bridgehead atoms. The van der Waals surface area contributed by atoms with E-state index in [1.807, 2.05) is 27.8 Å². The zero-order valence-electron chi connectivity index (χ0n) is 13.7. The second-order valence-corrected chi connectivity index (χ2v) is 7.86. The number of rotatable bonds is 4. The maximum absolute atomic E-state index is 12.7. The summed E-state index contributed by atoms with van der Waals surface area (Å²) in [5, 5.41) is 17.8. The molecule has 1 saturated heterocycles. The Kier molecular flexibility index (Phi) is 4.56. The molecule has 0 radical (unpaired) electrons. The van der Waals surface area contributed by atoms with Crippen molar-refractivity contribution in [2.75, 3.05) is 13.1 Å². The Bertz CT molecular complexity index is 924. The highest BCUT2D eigenvalue weighted by Gasteiger charge is 2.26. The van der Waals surface area contributed by atoms with Crippen LogP contribution in [-0.4, -0.2) is 49.7 Å². The Hall–Kier alpha value is -2.52. The van der Waals surface area contributed by atoms with Crippen molar-refractivity contribution in [3.8, 4) is 9.88 Å².